The van der Waals surface area contributed by atoms with E-state index >= 15 is 0 Å². The van der Waals surface area contributed by atoms with Crippen LogP contribution in [0.5, 0.6) is 0 Å². The first-order valence-electron chi connectivity index (χ1n) is 5.24. The summed E-state index contributed by atoms with van der Waals surface area (Å²) < 4.78 is -2.91. The summed E-state index contributed by atoms with van der Waals surface area (Å²) >= 11 is 38.2. The van der Waals surface area contributed by atoms with Gasteiger partial charge in [0.15, 0.2) is 17.5 Å². The topological polar surface area (TPSA) is 38.7 Å². The average molecular weight is 471 g/mol. The van der Waals surface area contributed by atoms with Crippen LogP contribution in [0.25, 0.3) is 11.4 Å². The lowest BCUT2D eigenvalue weighted by Gasteiger charge is -2.15. The third-order valence-corrected chi connectivity index (χ3v) is 3.73. The monoisotopic (exact) mass is 467 g/mol. The zero-order valence-corrected chi connectivity index (χ0v) is 15.9. The molecule has 10 heteroatoms. The minimum Gasteiger partial charge on any atom is -0.209 e. The summed E-state index contributed by atoms with van der Waals surface area (Å²) in [6.45, 7) is 0. The van der Waals surface area contributed by atoms with Gasteiger partial charge in [0.1, 0.15) is 0 Å². The summed E-state index contributed by atoms with van der Waals surface area (Å²) in [7, 11) is 0. The van der Waals surface area contributed by atoms with Gasteiger partial charge in [-0.1, -0.05) is 97.7 Å². The van der Waals surface area contributed by atoms with Crippen molar-refractivity contribution in [3.05, 3.63) is 40.4 Å². The van der Waals surface area contributed by atoms with E-state index in [1.54, 1.807) is 18.2 Å². The molecule has 112 valence electrons. The van der Waals surface area contributed by atoms with Crippen molar-refractivity contribution in [3.8, 4) is 11.4 Å². The second-order valence-electron chi connectivity index (χ2n) is 3.81. The zero-order valence-electron chi connectivity index (χ0n) is 9.80. The average Bonchev–Trinajstić information content (AvgIpc) is 2.36. The van der Waals surface area contributed by atoms with E-state index < -0.39 is 7.59 Å². The molecule has 0 amide bonds. The fourth-order valence-electron chi connectivity index (χ4n) is 1.39. The van der Waals surface area contributed by atoms with Gasteiger partial charge in [-0.2, -0.15) is 0 Å². The van der Waals surface area contributed by atoms with Gasteiger partial charge in [-0.05, 0) is 12.1 Å². The number of aromatic nitrogens is 3. The van der Waals surface area contributed by atoms with Gasteiger partial charge in [-0.15, -0.1) is 0 Å². The van der Waals surface area contributed by atoms with E-state index in [0.717, 1.165) is 4.47 Å². The predicted octanol–water partition coefficient (Wildman–Crippen LogP) is 5.95. The van der Waals surface area contributed by atoms with Crippen molar-refractivity contribution in [1.29, 1.82) is 0 Å². The number of hydrogen-bond donors (Lipinski definition) is 0. The van der Waals surface area contributed by atoms with Gasteiger partial charge < -0.3 is 0 Å². The summed E-state index contributed by atoms with van der Waals surface area (Å²) in [5.41, 5.74) is 0.651. The molecule has 0 aliphatic rings. The van der Waals surface area contributed by atoms with Gasteiger partial charge in [-0.3, -0.25) is 0 Å². The first-order valence-corrected chi connectivity index (χ1v) is 8.30. The van der Waals surface area contributed by atoms with Crippen LogP contribution in [-0.4, -0.2) is 15.0 Å². The van der Waals surface area contributed by atoms with E-state index in [-0.39, 0.29) is 17.5 Å². The van der Waals surface area contributed by atoms with Crippen LogP contribution in [-0.2, 0) is 7.59 Å². The molecule has 0 aliphatic heterocycles. The molecule has 2 aromatic rings. The Kier molecular flexibility index (Phi) is 5.52. The first-order chi connectivity index (χ1) is 9.57. The Balaban J connectivity index is 2.66. The highest BCUT2D eigenvalue weighted by atomic mass is 79.9. The van der Waals surface area contributed by atoms with E-state index in [1.807, 2.05) is 6.07 Å². The molecule has 2 rings (SSSR count). The molecule has 3 nitrogen and oxygen atoms in total. The Morgan fingerprint density at radius 3 is 1.76 bits per heavy atom. The Morgan fingerprint density at radius 2 is 1.33 bits per heavy atom. The van der Waals surface area contributed by atoms with Crippen LogP contribution in [0.2, 0.25) is 0 Å². The van der Waals surface area contributed by atoms with Crippen LogP contribution >= 0.6 is 85.5 Å². The van der Waals surface area contributed by atoms with Gasteiger partial charge in [-0.25, -0.2) is 15.0 Å². The maximum absolute atomic E-state index is 5.81. The van der Waals surface area contributed by atoms with Gasteiger partial charge >= 0.3 is 0 Å². The van der Waals surface area contributed by atoms with Crippen LogP contribution in [0, 0.1) is 0 Å². The van der Waals surface area contributed by atoms with Gasteiger partial charge in [0.25, 0.3) is 0 Å². The van der Waals surface area contributed by atoms with Gasteiger partial charge in [0.2, 0.25) is 7.59 Å². The maximum Gasteiger partial charge on any atom is 0.250 e. The molecule has 0 fully saturated rings. The lowest BCUT2D eigenvalue weighted by Crippen LogP contribution is -2.16. The first kappa shape index (κ1) is 17.8. The highest BCUT2D eigenvalue weighted by Gasteiger charge is 2.33. The molecule has 0 saturated heterocycles. The van der Waals surface area contributed by atoms with Gasteiger partial charge in [0, 0.05) is 10.0 Å². The number of halogens is 7. The molecule has 0 unspecified atom stereocenters. The van der Waals surface area contributed by atoms with E-state index in [1.165, 1.54) is 0 Å². The summed E-state index contributed by atoms with van der Waals surface area (Å²) in [6, 6.07) is 7.19. The molecule has 0 bridgehead atoms. The quantitative estimate of drug-likeness (QED) is 0.483. The summed E-state index contributed by atoms with van der Waals surface area (Å²) in [6.07, 6.45) is 0. The van der Waals surface area contributed by atoms with E-state index in [0.29, 0.717) is 5.56 Å². The number of alkyl halides is 6. The minimum atomic E-state index is -1.87. The Hall–Kier alpha value is 0.450. The molecule has 0 radical (unpaired) electrons. The zero-order chi connectivity index (χ0) is 15.8. The molecule has 0 N–H and O–H groups in total. The number of nitrogens with zero attached hydrogens (tertiary/aromatic N) is 3. The Bertz CT molecular complexity index is 635. The predicted molar refractivity (Wildman–Crippen MR) is 91.4 cm³/mol. The maximum atomic E-state index is 5.81. The molecule has 1 aromatic heterocycles. The molecule has 1 heterocycles. The normalized spacial score (nSPS) is 12.5. The second kappa shape index (κ2) is 6.52. The van der Waals surface area contributed by atoms with E-state index in [2.05, 4.69) is 30.9 Å². The molecule has 1 aromatic carbocycles. The van der Waals surface area contributed by atoms with Crippen molar-refractivity contribution in [3.63, 3.8) is 0 Å². The van der Waals surface area contributed by atoms with Crippen molar-refractivity contribution in [1.82, 2.24) is 15.0 Å². The fourth-order valence-corrected chi connectivity index (χ4v) is 2.29. The molecular formula is C11H4BrCl6N3. The van der Waals surface area contributed by atoms with Crippen molar-refractivity contribution >= 4 is 85.5 Å². The molecule has 0 spiro atoms. The molecule has 21 heavy (non-hydrogen) atoms. The number of hydrogen-bond acceptors (Lipinski definition) is 3. The minimum absolute atomic E-state index is 0.126. The van der Waals surface area contributed by atoms with Gasteiger partial charge in [0.05, 0.1) is 0 Å². The smallest absolute Gasteiger partial charge is 0.209 e. The number of rotatable bonds is 1. The highest BCUT2D eigenvalue weighted by Crippen LogP contribution is 2.40. The van der Waals surface area contributed by atoms with Crippen molar-refractivity contribution in [2.45, 2.75) is 7.59 Å². The van der Waals surface area contributed by atoms with E-state index in [4.69, 9.17) is 69.6 Å². The number of benzene rings is 1. The largest absolute Gasteiger partial charge is 0.250 e. The second-order valence-corrected chi connectivity index (χ2v) is 9.29. The molecular weight excluding hydrogens is 467 g/mol. The van der Waals surface area contributed by atoms with E-state index in [9.17, 15) is 0 Å². The molecule has 0 aliphatic carbocycles. The molecule has 0 atom stereocenters. The lowest BCUT2D eigenvalue weighted by atomic mass is 10.2. The van der Waals surface area contributed by atoms with Crippen molar-refractivity contribution < 1.29 is 0 Å². The highest BCUT2D eigenvalue weighted by molar-refractivity contribution is 9.10. The molecule has 0 saturated carbocycles. The van der Waals surface area contributed by atoms with Crippen molar-refractivity contribution in [2.75, 3.05) is 0 Å². The Morgan fingerprint density at radius 1 is 0.810 bits per heavy atom. The summed E-state index contributed by atoms with van der Waals surface area (Å²) in [4.78, 5) is 12.1. The Labute approximate surface area is 159 Å². The summed E-state index contributed by atoms with van der Waals surface area (Å²) in [5, 5.41) is 0. The third-order valence-electron chi connectivity index (χ3n) is 2.23. The SMILES string of the molecule is ClC(Cl)(Cl)c1nc(-c2cccc(Br)c2)nc(C(Cl)(Cl)Cl)n1. The third kappa shape index (κ3) is 4.71. The van der Waals surface area contributed by atoms with Crippen molar-refractivity contribution in [2.24, 2.45) is 0 Å². The fraction of sp³-hybridized carbons (Fsp3) is 0.182. The van der Waals surface area contributed by atoms with Crippen LogP contribution in [0.15, 0.2) is 28.7 Å². The lowest BCUT2D eigenvalue weighted by molar-refractivity contribution is 0.851. The van der Waals surface area contributed by atoms with Crippen LogP contribution in [0.3, 0.4) is 0 Å². The standard InChI is InChI=1S/C11H4BrCl6N3/c12-6-3-1-2-5(4-6)7-19-8(10(13,14)15)21-9(20-7)11(16,17)18/h1-4H. The van der Waals surface area contributed by atoms with Crippen LogP contribution < -0.4 is 0 Å². The van der Waals surface area contributed by atoms with Crippen LogP contribution in [0.1, 0.15) is 11.6 Å². The summed E-state index contributed by atoms with van der Waals surface area (Å²) in [5.74, 6) is -0.0217. The van der Waals surface area contributed by atoms with Crippen LogP contribution in [0.4, 0.5) is 0 Å².